The summed E-state index contributed by atoms with van der Waals surface area (Å²) in [5, 5.41) is 7.44. The van der Waals surface area contributed by atoms with Crippen molar-refractivity contribution in [1.29, 1.82) is 0 Å². The Morgan fingerprint density at radius 3 is 2.69 bits per heavy atom. The third kappa shape index (κ3) is 4.54. The average Bonchev–Trinajstić information content (AvgIpc) is 3.25. The summed E-state index contributed by atoms with van der Waals surface area (Å²) >= 11 is 1.36. The lowest BCUT2D eigenvalue weighted by Gasteiger charge is -2.18. The van der Waals surface area contributed by atoms with E-state index in [0.717, 1.165) is 22.0 Å². The van der Waals surface area contributed by atoms with Crippen LogP contribution in [0.3, 0.4) is 0 Å². The van der Waals surface area contributed by atoms with Crippen LogP contribution in [0.25, 0.3) is 0 Å². The van der Waals surface area contributed by atoms with Crippen LogP contribution in [0.2, 0.25) is 0 Å². The first-order valence-corrected chi connectivity index (χ1v) is 9.22. The molecule has 1 aromatic carbocycles. The molecule has 0 spiro atoms. The van der Waals surface area contributed by atoms with Crippen molar-refractivity contribution < 1.29 is 13.6 Å². The number of nitrogens with zero attached hydrogens (tertiary/aromatic N) is 2. The Hall–Kier alpha value is -2.54. The number of benzene rings is 1. The van der Waals surface area contributed by atoms with Gasteiger partial charge in [0.1, 0.15) is 17.6 Å². The van der Waals surface area contributed by atoms with Crippen molar-refractivity contribution in [3.63, 3.8) is 0 Å². The fourth-order valence-electron chi connectivity index (χ4n) is 2.69. The van der Waals surface area contributed by atoms with Crippen LogP contribution in [-0.4, -0.2) is 28.0 Å². The lowest BCUT2D eigenvalue weighted by Crippen LogP contribution is -2.33. The summed E-state index contributed by atoms with van der Waals surface area (Å²) in [6.45, 7) is 4.28. The van der Waals surface area contributed by atoms with Crippen LogP contribution >= 0.6 is 11.8 Å². The van der Waals surface area contributed by atoms with Gasteiger partial charge in [0.2, 0.25) is 5.91 Å². The maximum atomic E-state index is 12.9. The molecule has 0 fully saturated rings. The largest absolute Gasteiger partial charge is 0.467 e. The van der Waals surface area contributed by atoms with E-state index in [1.54, 1.807) is 18.4 Å². The van der Waals surface area contributed by atoms with Gasteiger partial charge in [-0.05, 0) is 56.3 Å². The molecule has 3 rings (SSSR count). The van der Waals surface area contributed by atoms with Gasteiger partial charge in [-0.25, -0.2) is 4.39 Å². The number of amides is 1. The zero-order valence-corrected chi connectivity index (χ0v) is 15.4. The van der Waals surface area contributed by atoms with Crippen LogP contribution in [0, 0.1) is 19.7 Å². The molecule has 0 bridgehead atoms. The fraction of sp³-hybridized carbons (Fsp3) is 0.263. The third-order valence-corrected chi connectivity index (χ3v) is 4.90. The van der Waals surface area contributed by atoms with Crippen molar-refractivity contribution in [2.45, 2.75) is 24.8 Å². The number of aryl methyl sites for hydroxylation is 2. The number of rotatable bonds is 7. The Morgan fingerprint density at radius 2 is 2.08 bits per heavy atom. The standard InChI is InChI=1S/C19H20FN3O2S/c1-13-10-14(2)23(22-13)17(18-4-3-9-25-18)11-21-19(24)12-26-16-7-5-15(20)6-8-16/h3-10,17H,11-12H2,1-2H3,(H,21,24). The van der Waals surface area contributed by atoms with E-state index in [4.69, 9.17) is 4.42 Å². The Bertz CT molecular complexity index is 860. The molecule has 0 saturated carbocycles. The molecular weight excluding hydrogens is 353 g/mol. The summed E-state index contributed by atoms with van der Waals surface area (Å²) in [4.78, 5) is 13.1. The quantitative estimate of drug-likeness (QED) is 0.641. The SMILES string of the molecule is Cc1cc(C)n(C(CNC(=O)CSc2ccc(F)cc2)c2ccco2)n1. The van der Waals surface area contributed by atoms with Crippen molar-refractivity contribution in [3.8, 4) is 0 Å². The number of nitrogens with one attached hydrogen (secondary N) is 1. The minimum absolute atomic E-state index is 0.0996. The highest BCUT2D eigenvalue weighted by molar-refractivity contribution is 8.00. The smallest absolute Gasteiger partial charge is 0.230 e. The molecule has 3 aromatic rings. The Balaban J connectivity index is 1.61. The van der Waals surface area contributed by atoms with Crippen molar-refractivity contribution in [3.05, 3.63) is 71.7 Å². The third-order valence-electron chi connectivity index (χ3n) is 3.89. The summed E-state index contributed by atoms with van der Waals surface area (Å²) in [5.41, 5.74) is 1.91. The minimum atomic E-state index is -0.287. The summed E-state index contributed by atoms with van der Waals surface area (Å²) in [6.07, 6.45) is 1.61. The predicted molar refractivity (Wildman–Crippen MR) is 98.7 cm³/mol. The fourth-order valence-corrected chi connectivity index (χ4v) is 3.42. The number of halogens is 1. The Morgan fingerprint density at radius 1 is 1.31 bits per heavy atom. The number of hydrogen-bond acceptors (Lipinski definition) is 4. The molecule has 0 aliphatic carbocycles. The lowest BCUT2D eigenvalue weighted by molar-refractivity contribution is -0.118. The second-order valence-electron chi connectivity index (χ2n) is 5.95. The van der Waals surface area contributed by atoms with Gasteiger partial charge in [-0.2, -0.15) is 5.10 Å². The zero-order chi connectivity index (χ0) is 18.5. The van der Waals surface area contributed by atoms with E-state index in [9.17, 15) is 9.18 Å². The van der Waals surface area contributed by atoms with Crippen LogP contribution in [0.15, 0.2) is 58.0 Å². The van der Waals surface area contributed by atoms with Gasteiger partial charge in [-0.1, -0.05) is 0 Å². The Labute approximate surface area is 155 Å². The molecule has 0 aliphatic rings. The van der Waals surface area contributed by atoms with Crippen molar-refractivity contribution in [1.82, 2.24) is 15.1 Å². The molecule has 1 N–H and O–H groups in total. The molecule has 1 atom stereocenters. The molecule has 0 saturated heterocycles. The predicted octanol–water partition coefficient (Wildman–Crippen LogP) is 3.73. The van der Waals surface area contributed by atoms with E-state index in [0.29, 0.717) is 6.54 Å². The van der Waals surface area contributed by atoms with Crippen molar-refractivity contribution in [2.24, 2.45) is 0 Å². The summed E-state index contributed by atoms with van der Waals surface area (Å²) in [5.74, 6) is 0.609. The van der Waals surface area contributed by atoms with Crippen LogP contribution in [-0.2, 0) is 4.79 Å². The van der Waals surface area contributed by atoms with Gasteiger partial charge < -0.3 is 9.73 Å². The number of hydrogen-bond donors (Lipinski definition) is 1. The van der Waals surface area contributed by atoms with Gasteiger partial charge in [-0.3, -0.25) is 9.48 Å². The molecule has 26 heavy (non-hydrogen) atoms. The zero-order valence-electron chi connectivity index (χ0n) is 14.6. The maximum Gasteiger partial charge on any atom is 0.230 e. The second-order valence-corrected chi connectivity index (χ2v) is 7.00. The highest BCUT2D eigenvalue weighted by atomic mass is 32.2. The van der Waals surface area contributed by atoms with Gasteiger partial charge in [0.25, 0.3) is 0 Å². The monoisotopic (exact) mass is 373 g/mol. The first-order valence-electron chi connectivity index (χ1n) is 8.24. The summed E-state index contributed by atoms with van der Waals surface area (Å²) in [6, 6.07) is 11.6. The summed E-state index contributed by atoms with van der Waals surface area (Å²) in [7, 11) is 0. The van der Waals surface area contributed by atoms with Crippen LogP contribution < -0.4 is 5.32 Å². The van der Waals surface area contributed by atoms with E-state index in [2.05, 4.69) is 10.4 Å². The molecule has 1 unspecified atom stereocenters. The molecule has 5 nitrogen and oxygen atoms in total. The normalized spacial score (nSPS) is 12.1. The van der Waals surface area contributed by atoms with Crippen LogP contribution in [0.1, 0.15) is 23.2 Å². The number of carbonyl (C=O) groups excluding carboxylic acids is 1. The van der Waals surface area contributed by atoms with E-state index < -0.39 is 0 Å². The lowest BCUT2D eigenvalue weighted by atomic mass is 10.2. The molecule has 7 heteroatoms. The molecule has 136 valence electrons. The first kappa shape index (κ1) is 18.3. The number of carbonyl (C=O) groups is 1. The van der Waals surface area contributed by atoms with Gasteiger partial charge in [-0.15, -0.1) is 11.8 Å². The number of aromatic nitrogens is 2. The topological polar surface area (TPSA) is 60.1 Å². The van der Waals surface area contributed by atoms with Crippen molar-refractivity contribution in [2.75, 3.05) is 12.3 Å². The van der Waals surface area contributed by atoms with Crippen LogP contribution in [0.5, 0.6) is 0 Å². The highest BCUT2D eigenvalue weighted by Gasteiger charge is 2.20. The van der Waals surface area contributed by atoms with E-state index in [1.807, 2.05) is 36.7 Å². The van der Waals surface area contributed by atoms with Crippen LogP contribution in [0.4, 0.5) is 4.39 Å². The van der Waals surface area contributed by atoms with E-state index in [-0.39, 0.29) is 23.5 Å². The maximum absolute atomic E-state index is 12.9. The second kappa shape index (κ2) is 8.23. The van der Waals surface area contributed by atoms with E-state index >= 15 is 0 Å². The Kier molecular flexibility index (Phi) is 5.78. The molecule has 0 radical (unpaired) electrons. The van der Waals surface area contributed by atoms with E-state index in [1.165, 1.54) is 23.9 Å². The molecule has 0 aliphatic heterocycles. The highest BCUT2D eigenvalue weighted by Crippen LogP contribution is 2.21. The number of thioether (sulfide) groups is 1. The molecule has 1 amide bonds. The molecule has 2 heterocycles. The van der Waals surface area contributed by atoms with Gasteiger partial charge >= 0.3 is 0 Å². The average molecular weight is 373 g/mol. The number of furan rings is 1. The van der Waals surface area contributed by atoms with Crippen molar-refractivity contribution >= 4 is 17.7 Å². The van der Waals surface area contributed by atoms with Gasteiger partial charge in [0, 0.05) is 17.1 Å². The van der Waals surface area contributed by atoms with Gasteiger partial charge in [0.05, 0.1) is 17.7 Å². The minimum Gasteiger partial charge on any atom is -0.467 e. The molecular formula is C19H20FN3O2S. The molecule has 2 aromatic heterocycles. The summed E-state index contributed by atoms with van der Waals surface area (Å²) < 4.78 is 20.3. The van der Waals surface area contributed by atoms with Gasteiger partial charge in [0.15, 0.2) is 0 Å². The first-order chi connectivity index (χ1) is 12.5.